The van der Waals surface area contributed by atoms with Crippen LogP contribution in [0.15, 0.2) is 84.9 Å². The molecule has 158 valence electrons. The van der Waals surface area contributed by atoms with Crippen molar-refractivity contribution >= 4 is 28.8 Å². The Balaban J connectivity index is 1.50. The molecule has 0 aliphatic carbocycles. The molecule has 1 heterocycles. The first-order valence-electron chi connectivity index (χ1n) is 9.82. The summed E-state index contributed by atoms with van der Waals surface area (Å²) < 4.78 is 0. The summed E-state index contributed by atoms with van der Waals surface area (Å²) in [6, 6.07) is 24.3. The highest BCUT2D eigenvalue weighted by Crippen LogP contribution is 2.24. The van der Waals surface area contributed by atoms with Crippen molar-refractivity contribution in [2.24, 2.45) is 0 Å². The van der Waals surface area contributed by atoms with Crippen molar-refractivity contribution in [1.82, 2.24) is 9.97 Å². The van der Waals surface area contributed by atoms with E-state index in [0.29, 0.717) is 22.9 Å². The van der Waals surface area contributed by atoms with Crippen molar-refractivity contribution < 1.29 is 9.72 Å². The third-order valence-corrected chi connectivity index (χ3v) is 4.64. The normalized spacial score (nSPS) is 10.4. The van der Waals surface area contributed by atoms with Gasteiger partial charge in [-0.15, -0.1) is 0 Å². The van der Waals surface area contributed by atoms with Crippen molar-refractivity contribution in [2.75, 3.05) is 10.6 Å². The number of anilines is 3. The van der Waals surface area contributed by atoms with Crippen LogP contribution in [0.5, 0.6) is 0 Å². The number of nitro groups is 1. The van der Waals surface area contributed by atoms with E-state index in [-0.39, 0.29) is 11.6 Å². The Labute approximate surface area is 184 Å². The van der Waals surface area contributed by atoms with Gasteiger partial charge in [0, 0.05) is 40.7 Å². The minimum atomic E-state index is -0.505. The predicted molar refractivity (Wildman–Crippen MR) is 123 cm³/mol. The van der Waals surface area contributed by atoms with Gasteiger partial charge >= 0.3 is 0 Å². The number of nitro benzene ring substituents is 1. The Bertz CT molecular complexity index is 1270. The number of nitrogens with zero attached hydrogens (tertiary/aromatic N) is 3. The number of amides is 1. The van der Waals surface area contributed by atoms with Gasteiger partial charge in [0.1, 0.15) is 11.6 Å². The highest BCUT2D eigenvalue weighted by Gasteiger charge is 2.10. The Kier molecular flexibility index (Phi) is 5.85. The molecule has 0 aliphatic heterocycles. The van der Waals surface area contributed by atoms with Gasteiger partial charge in [0.2, 0.25) is 0 Å². The lowest BCUT2D eigenvalue weighted by Crippen LogP contribution is -2.12. The van der Waals surface area contributed by atoms with Crippen LogP contribution in [0.25, 0.3) is 11.3 Å². The zero-order valence-electron chi connectivity index (χ0n) is 17.1. The molecule has 4 aromatic rings. The maximum Gasteiger partial charge on any atom is 0.269 e. The Morgan fingerprint density at radius 1 is 0.875 bits per heavy atom. The average Bonchev–Trinajstić information content (AvgIpc) is 2.79. The Hall–Kier alpha value is -4.59. The molecular weight excluding hydrogens is 406 g/mol. The van der Waals surface area contributed by atoms with Crippen LogP contribution in [0.1, 0.15) is 16.2 Å². The van der Waals surface area contributed by atoms with E-state index in [0.717, 1.165) is 16.9 Å². The summed E-state index contributed by atoms with van der Waals surface area (Å²) in [5, 5.41) is 16.8. The van der Waals surface area contributed by atoms with E-state index in [1.165, 1.54) is 24.3 Å². The summed E-state index contributed by atoms with van der Waals surface area (Å²) in [6.07, 6.45) is 0. The zero-order valence-corrected chi connectivity index (χ0v) is 17.1. The van der Waals surface area contributed by atoms with E-state index < -0.39 is 4.92 Å². The van der Waals surface area contributed by atoms with Gasteiger partial charge in [-0.2, -0.15) is 0 Å². The molecule has 0 atom stereocenters. The van der Waals surface area contributed by atoms with Gasteiger partial charge < -0.3 is 10.6 Å². The summed E-state index contributed by atoms with van der Waals surface area (Å²) in [7, 11) is 0. The number of aromatic nitrogens is 2. The molecule has 2 N–H and O–H groups in total. The highest BCUT2D eigenvalue weighted by atomic mass is 16.6. The highest BCUT2D eigenvalue weighted by molar-refractivity contribution is 6.04. The van der Waals surface area contributed by atoms with Crippen molar-refractivity contribution in [3.8, 4) is 11.3 Å². The molecule has 3 aromatic carbocycles. The number of carbonyl (C=O) groups is 1. The van der Waals surface area contributed by atoms with Gasteiger partial charge in [0.05, 0.1) is 10.6 Å². The number of rotatable bonds is 6. The average molecular weight is 425 g/mol. The Morgan fingerprint density at radius 3 is 2.31 bits per heavy atom. The standard InChI is InChI=1S/C24H19N5O3/c1-16-25-22(17-6-3-2-4-7-17)15-23(26-16)27-19-8-5-9-20(14-19)28-24(30)18-10-12-21(13-11-18)29(31)32/h2-15H,1H3,(H,28,30)(H,25,26,27). The van der Waals surface area contributed by atoms with Gasteiger partial charge in [0.15, 0.2) is 0 Å². The third kappa shape index (κ3) is 4.93. The van der Waals surface area contributed by atoms with E-state index in [1.807, 2.05) is 49.4 Å². The van der Waals surface area contributed by atoms with Gasteiger partial charge in [-0.05, 0) is 37.3 Å². The van der Waals surface area contributed by atoms with Crippen molar-refractivity contribution in [1.29, 1.82) is 0 Å². The molecule has 0 radical (unpaired) electrons. The van der Waals surface area contributed by atoms with Crippen molar-refractivity contribution in [3.63, 3.8) is 0 Å². The lowest BCUT2D eigenvalue weighted by Gasteiger charge is -2.11. The van der Waals surface area contributed by atoms with Gasteiger partial charge in [-0.25, -0.2) is 9.97 Å². The molecule has 0 aliphatic rings. The number of benzene rings is 3. The lowest BCUT2D eigenvalue weighted by atomic mass is 10.1. The van der Waals surface area contributed by atoms with E-state index >= 15 is 0 Å². The smallest absolute Gasteiger partial charge is 0.269 e. The number of hydrogen-bond donors (Lipinski definition) is 2. The SMILES string of the molecule is Cc1nc(Nc2cccc(NC(=O)c3ccc([N+](=O)[O-])cc3)c2)cc(-c2ccccc2)n1. The first kappa shape index (κ1) is 20.7. The minimum absolute atomic E-state index is 0.0669. The molecule has 0 saturated heterocycles. The number of non-ortho nitro benzene ring substituents is 1. The minimum Gasteiger partial charge on any atom is -0.340 e. The zero-order chi connectivity index (χ0) is 22.5. The van der Waals surface area contributed by atoms with Crippen LogP contribution in [0.3, 0.4) is 0 Å². The number of aryl methyl sites for hydroxylation is 1. The van der Waals surface area contributed by atoms with Crippen LogP contribution in [0.2, 0.25) is 0 Å². The molecule has 4 rings (SSSR count). The molecule has 0 fully saturated rings. The van der Waals surface area contributed by atoms with E-state index in [2.05, 4.69) is 20.6 Å². The van der Waals surface area contributed by atoms with Crippen molar-refractivity contribution in [3.05, 3.63) is 106 Å². The fraction of sp³-hybridized carbons (Fsp3) is 0.0417. The number of hydrogen-bond acceptors (Lipinski definition) is 6. The van der Waals surface area contributed by atoms with Crippen LogP contribution in [-0.2, 0) is 0 Å². The largest absolute Gasteiger partial charge is 0.340 e. The second-order valence-corrected chi connectivity index (χ2v) is 7.02. The molecule has 8 heteroatoms. The molecule has 1 aromatic heterocycles. The Morgan fingerprint density at radius 2 is 1.59 bits per heavy atom. The summed E-state index contributed by atoms with van der Waals surface area (Å²) >= 11 is 0. The van der Waals surface area contributed by atoms with Crippen LogP contribution in [-0.4, -0.2) is 20.8 Å². The quantitative estimate of drug-likeness (QED) is 0.318. The number of nitrogens with one attached hydrogen (secondary N) is 2. The molecule has 0 unspecified atom stereocenters. The summed E-state index contributed by atoms with van der Waals surface area (Å²) in [4.78, 5) is 31.7. The molecule has 1 amide bonds. The molecule has 8 nitrogen and oxygen atoms in total. The number of carbonyl (C=O) groups excluding carboxylic acids is 1. The maximum atomic E-state index is 12.5. The van der Waals surface area contributed by atoms with E-state index in [4.69, 9.17) is 0 Å². The van der Waals surface area contributed by atoms with Gasteiger partial charge in [0.25, 0.3) is 11.6 Å². The maximum absolute atomic E-state index is 12.5. The fourth-order valence-electron chi connectivity index (χ4n) is 3.15. The van der Waals surface area contributed by atoms with Gasteiger partial charge in [-0.1, -0.05) is 36.4 Å². The van der Waals surface area contributed by atoms with E-state index in [1.54, 1.807) is 18.2 Å². The monoisotopic (exact) mass is 425 g/mol. The van der Waals surface area contributed by atoms with Gasteiger partial charge in [-0.3, -0.25) is 14.9 Å². The molecule has 32 heavy (non-hydrogen) atoms. The molecular formula is C24H19N5O3. The molecule has 0 bridgehead atoms. The van der Waals surface area contributed by atoms with E-state index in [9.17, 15) is 14.9 Å². The topological polar surface area (TPSA) is 110 Å². The summed E-state index contributed by atoms with van der Waals surface area (Å²) in [5.74, 6) is 0.910. The molecule has 0 saturated carbocycles. The van der Waals surface area contributed by atoms with Crippen LogP contribution >= 0.6 is 0 Å². The van der Waals surface area contributed by atoms with Crippen LogP contribution in [0, 0.1) is 17.0 Å². The molecule has 0 spiro atoms. The summed E-state index contributed by atoms with van der Waals surface area (Å²) in [5.41, 5.74) is 3.38. The lowest BCUT2D eigenvalue weighted by molar-refractivity contribution is -0.384. The third-order valence-electron chi connectivity index (χ3n) is 4.64. The van der Waals surface area contributed by atoms with Crippen LogP contribution in [0.4, 0.5) is 22.9 Å². The second-order valence-electron chi connectivity index (χ2n) is 7.02. The predicted octanol–water partition coefficient (Wildman–Crippen LogP) is 5.36. The second kappa shape index (κ2) is 9.05. The van der Waals surface area contributed by atoms with Crippen LogP contribution < -0.4 is 10.6 Å². The summed E-state index contributed by atoms with van der Waals surface area (Å²) in [6.45, 7) is 1.83. The first-order valence-corrected chi connectivity index (χ1v) is 9.82. The van der Waals surface area contributed by atoms with Crippen molar-refractivity contribution in [2.45, 2.75) is 6.92 Å². The first-order chi connectivity index (χ1) is 15.5. The fourth-order valence-corrected chi connectivity index (χ4v) is 3.15.